The van der Waals surface area contributed by atoms with E-state index in [0.29, 0.717) is 16.8 Å². The molecular weight excluding hydrogens is 290 g/mol. The minimum Gasteiger partial charge on any atom is -0.397 e. The van der Waals surface area contributed by atoms with Crippen LogP contribution < -0.4 is 5.73 Å². The van der Waals surface area contributed by atoms with Gasteiger partial charge in [-0.05, 0) is 26.3 Å². The van der Waals surface area contributed by atoms with Crippen LogP contribution in [0.2, 0.25) is 0 Å². The van der Waals surface area contributed by atoms with Crippen molar-refractivity contribution in [1.82, 2.24) is 19.5 Å². The van der Waals surface area contributed by atoms with Gasteiger partial charge in [-0.1, -0.05) is 6.92 Å². The van der Waals surface area contributed by atoms with Gasteiger partial charge >= 0.3 is 0 Å². The number of ketones is 1. The Balaban J connectivity index is 2.21. The predicted molar refractivity (Wildman–Crippen MR) is 89.2 cm³/mol. The molecule has 23 heavy (non-hydrogen) atoms. The highest BCUT2D eigenvalue weighted by atomic mass is 16.1. The van der Waals surface area contributed by atoms with Gasteiger partial charge in [0.2, 0.25) is 0 Å². The van der Waals surface area contributed by atoms with Gasteiger partial charge in [0.25, 0.3) is 0 Å². The molecule has 6 heteroatoms. The summed E-state index contributed by atoms with van der Waals surface area (Å²) in [6, 6.07) is 1.63. The van der Waals surface area contributed by atoms with E-state index in [2.05, 4.69) is 35.7 Å². The Morgan fingerprint density at radius 1 is 1.26 bits per heavy atom. The summed E-state index contributed by atoms with van der Waals surface area (Å²) in [5.41, 5.74) is 7.83. The monoisotopic (exact) mass is 309 g/mol. The third-order valence-electron chi connectivity index (χ3n) is 4.25. The van der Waals surface area contributed by atoms with Crippen molar-refractivity contribution in [3.05, 3.63) is 48.3 Å². The number of carbonyl (C=O) groups excluding carboxylic acids is 1. The van der Waals surface area contributed by atoms with Crippen molar-refractivity contribution in [2.24, 2.45) is 0 Å². The highest BCUT2D eigenvalue weighted by Gasteiger charge is 2.25. The number of hydrogen-bond donors (Lipinski definition) is 1. The average Bonchev–Trinajstić information content (AvgIpc) is 2.94. The van der Waals surface area contributed by atoms with Crippen LogP contribution in [-0.4, -0.2) is 25.3 Å². The van der Waals surface area contributed by atoms with E-state index in [1.807, 2.05) is 10.8 Å². The molecule has 0 saturated heterocycles. The highest BCUT2D eigenvalue weighted by molar-refractivity contribution is 6.16. The average molecular weight is 309 g/mol. The van der Waals surface area contributed by atoms with Crippen molar-refractivity contribution in [2.75, 3.05) is 5.73 Å². The van der Waals surface area contributed by atoms with Crippen molar-refractivity contribution in [3.8, 4) is 0 Å². The standard InChI is InChI=1S/C17H19N5O/c1-4-17(2,3)22-9-14(13-8-20-10-21-16(13)22)15(23)11-5-12(18)7-19-6-11/h5-10H,4,18H2,1-3H3. The molecule has 0 unspecified atom stereocenters. The summed E-state index contributed by atoms with van der Waals surface area (Å²) in [6.07, 6.45) is 8.99. The Morgan fingerprint density at radius 2 is 2.04 bits per heavy atom. The summed E-state index contributed by atoms with van der Waals surface area (Å²) in [6.45, 7) is 6.34. The minimum atomic E-state index is -0.154. The fourth-order valence-electron chi connectivity index (χ4n) is 2.52. The SMILES string of the molecule is CCC(C)(C)n1cc(C(=O)c2cncc(N)c2)c2cncnc21. The maximum atomic E-state index is 12.9. The summed E-state index contributed by atoms with van der Waals surface area (Å²) >= 11 is 0. The van der Waals surface area contributed by atoms with Gasteiger partial charge in [0, 0.05) is 41.3 Å². The number of pyridine rings is 1. The molecule has 2 N–H and O–H groups in total. The number of hydrogen-bond acceptors (Lipinski definition) is 5. The minimum absolute atomic E-state index is 0.129. The van der Waals surface area contributed by atoms with Crippen LogP contribution in [0.25, 0.3) is 11.0 Å². The molecule has 0 aliphatic rings. The molecule has 6 nitrogen and oxygen atoms in total. The maximum absolute atomic E-state index is 12.9. The molecule has 0 spiro atoms. The Morgan fingerprint density at radius 3 is 2.74 bits per heavy atom. The fraction of sp³-hybridized carbons (Fsp3) is 0.294. The fourth-order valence-corrected chi connectivity index (χ4v) is 2.52. The number of nitrogens with zero attached hydrogens (tertiary/aromatic N) is 4. The van der Waals surface area contributed by atoms with E-state index < -0.39 is 0 Å². The van der Waals surface area contributed by atoms with Crippen LogP contribution in [0.3, 0.4) is 0 Å². The first-order valence-corrected chi connectivity index (χ1v) is 7.51. The van der Waals surface area contributed by atoms with Crippen LogP contribution in [0.1, 0.15) is 43.1 Å². The second-order valence-corrected chi connectivity index (χ2v) is 6.17. The molecule has 0 aliphatic carbocycles. The molecule has 3 aromatic heterocycles. The van der Waals surface area contributed by atoms with Gasteiger partial charge in [-0.3, -0.25) is 9.78 Å². The first-order valence-electron chi connectivity index (χ1n) is 7.51. The Bertz CT molecular complexity index is 882. The number of aromatic nitrogens is 4. The van der Waals surface area contributed by atoms with Crippen LogP contribution in [0.5, 0.6) is 0 Å². The quantitative estimate of drug-likeness (QED) is 0.749. The van der Waals surface area contributed by atoms with Crippen molar-refractivity contribution in [1.29, 1.82) is 0 Å². The molecule has 3 aromatic rings. The summed E-state index contributed by atoms with van der Waals surface area (Å²) < 4.78 is 2.04. The van der Waals surface area contributed by atoms with Gasteiger partial charge in [0.1, 0.15) is 12.0 Å². The molecule has 3 heterocycles. The molecule has 0 aliphatic heterocycles. The van der Waals surface area contributed by atoms with Crippen molar-refractivity contribution in [3.63, 3.8) is 0 Å². The number of fused-ring (bicyclic) bond motifs is 1. The third kappa shape index (κ3) is 2.56. The van der Waals surface area contributed by atoms with Crippen LogP contribution in [-0.2, 0) is 5.54 Å². The van der Waals surface area contributed by atoms with Gasteiger partial charge in [-0.15, -0.1) is 0 Å². The van der Waals surface area contributed by atoms with Crippen LogP contribution in [0.15, 0.2) is 37.2 Å². The van der Waals surface area contributed by atoms with E-state index in [0.717, 1.165) is 17.5 Å². The predicted octanol–water partition coefficient (Wildman–Crippen LogP) is 2.78. The molecule has 0 saturated carbocycles. The Hall–Kier alpha value is -2.76. The number of rotatable bonds is 4. The number of nitrogens with two attached hydrogens (primary N) is 1. The van der Waals surface area contributed by atoms with Gasteiger partial charge in [-0.2, -0.15) is 0 Å². The lowest BCUT2D eigenvalue weighted by Crippen LogP contribution is -2.24. The van der Waals surface area contributed by atoms with Crippen molar-refractivity contribution < 1.29 is 4.79 Å². The number of nitrogen functional groups attached to an aromatic ring is 1. The Kier molecular flexibility index (Phi) is 3.60. The molecule has 0 aromatic carbocycles. The van der Waals surface area contributed by atoms with Gasteiger partial charge in [-0.25, -0.2) is 9.97 Å². The number of carbonyl (C=O) groups is 1. The van der Waals surface area contributed by atoms with Crippen molar-refractivity contribution in [2.45, 2.75) is 32.7 Å². The molecule has 3 rings (SSSR count). The smallest absolute Gasteiger partial charge is 0.196 e. The zero-order chi connectivity index (χ0) is 16.6. The summed E-state index contributed by atoms with van der Waals surface area (Å²) in [5.74, 6) is -0.129. The first kappa shape index (κ1) is 15.1. The zero-order valence-corrected chi connectivity index (χ0v) is 13.4. The van der Waals surface area contributed by atoms with E-state index in [4.69, 9.17) is 5.73 Å². The molecular formula is C17H19N5O. The molecule has 0 radical (unpaired) electrons. The lowest BCUT2D eigenvalue weighted by molar-refractivity contribution is 0.103. The van der Waals surface area contributed by atoms with Gasteiger partial charge < -0.3 is 10.3 Å². The van der Waals surface area contributed by atoms with E-state index in [1.54, 1.807) is 12.3 Å². The molecule has 0 bridgehead atoms. The summed E-state index contributed by atoms with van der Waals surface area (Å²) in [4.78, 5) is 25.3. The van der Waals surface area contributed by atoms with E-state index >= 15 is 0 Å². The Labute approximate surface area is 134 Å². The largest absolute Gasteiger partial charge is 0.397 e. The molecule has 118 valence electrons. The summed E-state index contributed by atoms with van der Waals surface area (Å²) in [5, 5.41) is 0.737. The highest BCUT2D eigenvalue weighted by Crippen LogP contribution is 2.29. The normalized spacial score (nSPS) is 11.8. The van der Waals surface area contributed by atoms with Gasteiger partial charge in [0.15, 0.2) is 5.78 Å². The van der Waals surface area contributed by atoms with E-state index in [9.17, 15) is 4.79 Å². The van der Waals surface area contributed by atoms with E-state index in [-0.39, 0.29) is 11.3 Å². The van der Waals surface area contributed by atoms with Crippen LogP contribution in [0.4, 0.5) is 5.69 Å². The van der Waals surface area contributed by atoms with Crippen LogP contribution in [0, 0.1) is 0 Å². The third-order valence-corrected chi connectivity index (χ3v) is 4.25. The second-order valence-electron chi connectivity index (χ2n) is 6.17. The zero-order valence-electron chi connectivity index (χ0n) is 13.4. The lowest BCUT2D eigenvalue weighted by Gasteiger charge is -2.25. The summed E-state index contributed by atoms with van der Waals surface area (Å²) in [7, 11) is 0. The van der Waals surface area contributed by atoms with E-state index in [1.165, 1.54) is 18.7 Å². The first-order chi connectivity index (χ1) is 10.9. The maximum Gasteiger partial charge on any atom is 0.196 e. The topological polar surface area (TPSA) is 86.7 Å². The second kappa shape index (κ2) is 5.46. The molecule has 0 fully saturated rings. The van der Waals surface area contributed by atoms with Gasteiger partial charge in [0.05, 0.1) is 11.3 Å². The lowest BCUT2D eigenvalue weighted by atomic mass is 10.0. The molecule has 0 atom stereocenters. The molecule has 0 amide bonds. The van der Waals surface area contributed by atoms with Crippen LogP contribution >= 0.6 is 0 Å². The van der Waals surface area contributed by atoms with Crippen molar-refractivity contribution >= 4 is 22.5 Å². The number of anilines is 1.